The molecule has 1 heterocycles. The maximum Gasteiger partial charge on any atom is 0.222 e. The third kappa shape index (κ3) is 2.88. The number of nitrogens with two attached hydrogens (primary N) is 1. The minimum atomic E-state index is 0.116. The van der Waals surface area contributed by atoms with E-state index in [1.165, 1.54) is 11.8 Å². The van der Waals surface area contributed by atoms with E-state index < -0.39 is 0 Å². The van der Waals surface area contributed by atoms with Gasteiger partial charge in [0.05, 0.1) is 0 Å². The Morgan fingerprint density at radius 2 is 2.38 bits per heavy atom. The molecule has 0 radical (unpaired) electrons. The number of hydrogen-bond donors (Lipinski definition) is 2. The number of thioether (sulfide) groups is 1. The molecular formula is C9H15N5OS. The van der Waals surface area contributed by atoms with E-state index in [4.69, 9.17) is 5.73 Å². The van der Waals surface area contributed by atoms with Crippen molar-refractivity contribution in [2.45, 2.75) is 30.5 Å². The van der Waals surface area contributed by atoms with Crippen LogP contribution in [0.25, 0.3) is 0 Å². The van der Waals surface area contributed by atoms with Crippen molar-refractivity contribution >= 4 is 23.6 Å². The lowest BCUT2D eigenvalue weighted by Gasteiger charge is -2.02. The highest BCUT2D eigenvalue weighted by Crippen LogP contribution is 2.20. The number of nitrogen functional groups attached to an aromatic ring is 1. The van der Waals surface area contributed by atoms with E-state index in [0.717, 1.165) is 18.0 Å². The number of hydrogen-bond acceptors (Lipinski definition) is 5. The van der Waals surface area contributed by atoms with Crippen LogP contribution in [0.15, 0.2) is 5.16 Å². The molecule has 1 aliphatic carbocycles. The van der Waals surface area contributed by atoms with Gasteiger partial charge in [0.2, 0.25) is 11.9 Å². The highest BCUT2D eigenvalue weighted by molar-refractivity contribution is 7.99. The summed E-state index contributed by atoms with van der Waals surface area (Å²) in [5.74, 6) is 1.21. The molecular weight excluding hydrogens is 226 g/mol. The van der Waals surface area contributed by atoms with Crippen LogP contribution in [0.4, 0.5) is 5.95 Å². The summed E-state index contributed by atoms with van der Waals surface area (Å²) < 4.78 is 1.71. The average molecular weight is 241 g/mol. The highest BCUT2D eigenvalue weighted by Gasteiger charge is 2.22. The number of carbonyl (C=O) groups is 1. The number of nitrogens with zero attached hydrogens (tertiary/aromatic N) is 3. The van der Waals surface area contributed by atoms with E-state index >= 15 is 0 Å². The minimum Gasteiger partial charge on any atom is -0.368 e. The lowest BCUT2D eigenvalue weighted by Crippen LogP contribution is -2.25. The van der Waals surface area contributed by atoms with E-state index in [1.807, 2.05) is 7.05 Å². The third-order valence-electron chi connectivity index (χ3n) is 2.37. The molecule has 2 rings (SSSR count). The van der Waals surface area contributed by atoms with E-state index in [9.17, 15) is 4.79 Å². The molecule has 7 heteroatoms. The predicted octanol–water partition coefficient (Wildman–Crippen LogP) is 0.158. The maximum absolute atomic E-state index is 11.4. The molecule has 6 nitrogen and oxygen atoms in total. The van der Waals surface area contributed by atoms with Gasteiger partial charge in [0, 0.05) is 25.3 Å². The molecule has 1 saturated carbocycles. The van der Waals surface area contributed by atoms with Crippen molar-refractivity contribution in [1.29, 1.82) is 0 Å². The Morgan fingerprint density at radius 1 is 1.62 bits per heavy atom. The standard InChI is InChI=1S/C9H15N5OS/c1-14-8(10)12-13-9(14)16-5-4-7(15)11-6-2-3-6/h6H,2-5H2,1H3,(H2,10,12)(H,11,15). The van der Waals surface area contributed by atoms with Crippen LogP contribution < -0.4 is 11.1 Å². The lowest BCUT2D eigenvalue weighted by molar-refractivity contribution is -0.120. The van der Waals surface area contributed by atoms with Gasteiger partial charge < -0.3 is 11.1 Å². The molecule has 0 aromatic carbocycles. The smallest absolute Gasteiger partial charge is 0.222 e. The zero-order valence-corrected chi connectivity index (χ0v) is 9.96. The third-order valence-corrected chi connectivity index (χ3v) is 3.39. The number of aromatic nitrogens is 3. The van der Waals surface area contributed by atoms with Gasteiger partial charge in [-0.3, -0.25) is 9.36 Å². The van der Waals surface area contributed by atoms with Crippen molar-refractivity contribution < 1.29 is 4.79 Å². The number of anilines is 1. The Balaban J connectivity index is 1.70. The monoisotopic (exact) mass is 241 g/mol. The summed E-state index contributed by atoms with van der Waals surface area (Å²) in [5.41, 5.74) is 5.54. The molecule has 88 valence electrons. The van der Waals surface area contributed by atoms with E-state index in [0.29, 0.717) is 24.2 Å². The molecule has 16 heavy (non-hydrogen) atoms. The molecule has 3 N–H and O–H groups in total. The Kier molecular flexibility index (Phi) is 3.33. The Hall–Kier alpha value is -1.24. The number of amides is 1. The summed E-state index contributed by atoms with van der Waals surface area (Å²) in [5, 5.41) is 11.3. The van der Waals surface area contributed by atoms with Crippen molar-refractivity contribution in [3.8, 4) is 0 Å². The molecule has 1 aliphatic rings. The van der Waals surface area contributed by atoms with Crippen molar-refractivity contribution in [2.24, 2.45) is 7.05 Å². The highest BCUT2D eigenvalue weighted by atomic mass is 32.2. The van der Waals surface area contributed by atoms with Crippen LogP contribution in [-0.4, -0.2) is 32.5 Å². The predicted molar refractivity (Wildman–Crippen MR) is 61.9 cm³/mol. The van der Waals surface area contributed by atoms with Gasteiger partial charge in [-0.05, 0) is 12.8 Å². The second kappa shape index (κ2) is 4.73. The average Bonchev–Trinajstić information content (AvgIpc) is 3.00. The number of nitrogens with one attached hydrogen (secondary N) is 1. The fourth-order valence-corrected chi connectivity index (χ4v) is 2.07. The summed E-state index contributed by atoms with van der Waals surface area (Å²) in [7, 11) is 1.81. The van der Waals surface area contributed by atoms with Gasteiger partial charge in [0.1, 0.15) is 0 Å². The van der Waals surface area contributed by atoms with E-state index in [2.05, 4.69) is 15.5 Å². The normalized spacial score (nSPS) is 15.1. The minimum absolute atomic E-state index is 0.116. The van der Waals surface area contributed by atoms with Crippen LogP contribution in [0.1, 0.15) is 19.3 Å². The summed E-state index contributed by atoms with van der Waals surface area (Å²) in [6, 6.07) is 0.433. The van der Waals surface area contributed by atoms with Crippen LogP contribution in [0.2, 0.25) is 0 Å². The van der Waals surface area contributed by atoms with Gasteiger partial charge in [-0.25, -0.2) is 0 Å². The van der Waals surface area contributed by atoms with Crippen molar-refractivity contribution in [3.63, 3.8) is 0 Å². The first-order valence-corrected chi connectivity index (χ1v) is 6.22. The Labute approximate surface area is 98.0 Å². The first kappa shape index (κ1) is 11.3. The van der Waals surface area contributed by atoms with Gasteiger partial charge >= 0.3 is 0 Å². The molecule has 0 saturated heterocycles. The molecule has 0 aliphatic heterocycles. The molecule has 0 atom stereocenters. The summed E-state index contributed by atoms with van der Waals surface area (Å²) >= 11 is 1.49. The lowest BCUT2D eigenvalue weighted by atomic mass is 10.4. The SMILES string of the molecule is Cn1c(N)nnc1SCCC(=O)NC1CC1. The van der Waals surface area contributed by atoms with Gasteiger partial charge in [-0.1, -0.05) is 11.8 Å². The fraction of sp³-hybridized carbons (Fsp3) is 0.667. The van der Waals surface area contributed by atoms with Crippen LogP contribution in [-0.2, 0) is 11.8 Å². The molecule has 1 aromatic rings. The largest absolute Gasteiger partial charge is 0.368 e. The first-order chi connectivity index (χ1) is 7.66. The molecule has 1 amide bonds. The van der Waals surface area contributed by atoms with Gasteiger partial charge in [0.25, 0.3) is 0 Å². The zero-order valence-electron chi connectivity index (χ0n) is 9.14. The zero-order chi connectivity index (χ0) is 11.5. The van der Waals surface area contributed by atoms with Crippen molar-refractivity contribution in [2.75, 3.05) is 11.5 Å². The van der Waals surface area contributed by atoms with E-state index in [-0.39, 0.29) is 5.91 Å². The molecule has 0 bridgehead atoms. The van der Waals surface area contributed by atoms with Crippen LogP contribution in [0.3, 0.4) is 0 Å². The maximum atomic E-state index is 11.4. The van der Waals surface area contributed by atoms with Gasteiger partial charge in [0.15, 0.2) is 5.16 Å². The Morgan fingerprint density at radius 3 is 2.94 bits per heavy atom. The fourth-order valence-electron chi connectivity index (χ4n) is 1.21. The van der Waals surface area contributed by atoms with Crippen LogP contribution in [0, 0.1) is 0 Å². The number of carbonyl (C=O) groups excluding carboxylic acids is 1. The second-order valence-electron chi connectivity index (χ2n) is 3.84. The van der Waals surface area contributed by atoms with Crippen molar-refractivity contribution in [3.05, 3.63) is 0 Å². The topological polar surface area (TPSA) is 85.8 Å². The molecule has 1 aromatic heterocycles. The van der Waals surface area contributed by atoms with Gasteiger partial charge in [-0.15, -0.1) is 10.2 Å². The van der Waals surface area contributed by atoms with Crippen LogP contribution in [0.5, 0.6) is 0 Å². The molecule has 1 fully saturated rings. The summed E-state index contributed by atoms with van der Waals surface area (Å²) in [4.78, 5) is 11.4. The Bertz CT molecular complexity index is 387. The number of rotatable bonds is 5. The summed E-state index contributed by atoms with van der Waals surface area (Å²) in [6.45, 7) is 0. The first-order valence-electron chi connectivity index (χ1n) is 5.24. The van der Waals surface area contributed by atoms with E-state index in [1.54, 1.807) is 4.57 Å². The summed E-state index contributed by atoms with van der Waals surface area (Å²) in [6.07, 6.45) is 2.76. The quantitative estimate of drug-likeness (QED) is 0.717. The molecule has 0 spiro atoms. The van der Waals surface area contributed by atoms with Crippen LogP contribution >= 0.6 is 11.8 Å². The second-order valence-corrected chi connectivity index (χ2v) is 4.90. The van der Waals surface area contributed by atoms with Gasteiger partial charge in [-0.2, -0.15) is 0 Å². The van der Waals surface area contributed by atoms with Crippen molar-refractivity contribution in [1.82, 2.24) is 20.1 Å². The molecule has 0 unspecified atom stereocenters.